The molecule has 0 radical (unpaired) electrons. The van der Waals surface area contributed by atoms with Crippen molar-refractivity contribution in [1.82, 2.24) is 14.3 Å². The molecule has 2 aromatic rings. The molecule has 2 aromatic heterocycles. The van der Waals surface area contributed by atoms with Gasteiger partial charge in [0.15, 0.2) is 6.10 Å². The lowest BCUT2D eigenvalue weighted by Crippen LogP contribution is -2.39. The van der Waals surface area contributed by atoms with E-state index >= 15 is 0 Å². The molecule has 0 aromatic carbocycles. The molecule has 0 amide bonds. The van der Waals surface area contributed by atoms with Gasteiger partial charge in [-0.1, -0.05) is 11.6 Å². The summed E-state index contributed by atoms with van der Waals surface area (Å²) in [4.78, 5) is 5.63. The number of halogens is 4. The van der Waals surface area contributed by atoms with E-state index in [-0.39, 0.29) is 6.54 Å². The van der Waals surface area contributed by atoms with Gasteiger partial charge in [-0.25, -0.2) is 4.98 Å². The van der Waals surface area contributed by atoms with Gasteiger partial charge in [0.2, 0.25) is 0 Å². The highest BCUT2D eigenvalue weighted by molar-refractivity contribution is 6.30. The minimum absolute atomic E-state index is 0.201. The number of aliphatic hydroxyl groups excluding tert-OH is 1. The Morgan fingerprint density at radius 3 is 2.75 bits per heavy atom. The molecule has 0 spiro atoms. The maximum atomic E-state index is 12.2. The Balaban J connectivity index is 2.04. The topological polar surface area (TPSA) is 40.8 Å². The summed E-state index contributed by atoms with van der Waals surface area (Å²) in [6.07, 6.45) is -3.62. The van der Waals surface area contributed by atoms with Crippen LogP contribution in [0.2, 0.25) is 5.02 Å². The van der Waals surface area contributed by atoms with E-state index in [0.29, 0.717) is 16.4 Å². The number of hydrogen-bond acceptors (Lipinski definition) is 3. The van der Waals surface area contributed by atoms with Crippen molar-refractivity contribution in [3.63, 3.8) is 0 Å². The molecule has 2 heterocycles. The van der Waals surface area contributed by atoms with E-state index in [0.717, 1.165) is 0 Å². The average Bonchev–Trinajstić information content (AvgIpc) is 2.68. The number of pyridine rings is 1. The summed E-state index contributed by atoms with van der Waals surface area (Å²) in [5.41, 5.74) is 1.26. The van der Waals surface area contributed by atoms with E-state index in [2.05, 4.69) is 4.98 Å². The van der Waals surface area contributed by atoms with Gasteiger partial charge in [-0.3, -0.25) is 4.90 Å². The Labute approximate surface area is 118 Å². The van der Waals surface area contributed by atoms with Crippen LogP contribution in [-0.4, -0.2) is 45.3 Å². The van der Waals surface area contributed by atoms with Crippen molar-refractivity contribution in [2.75, 3.05) is 13.6 Å². The van der Waals surface area contributed by atoms with Gasteiger partial charge in [0.05, 0.1) is 10.7 Å². The first-order chi connectivity index (χ1) is 9.25. The molecule has 0 aliphatic heterocycles. The summed E-state index contributed by atoms with van der Waals surface area (Å²) in [5.74, 6) is 0. The first-order valence-corrected chi connectivity index (χ1v) is 6.20. The minimum Gasteiger partial charge on any atom is -0.382 e. The smallest absolute Gasteiger partial charge is 0.382 e. The van der Waals surface area contributed by atoms with Crippen LogP contribution in [0.1, 0.15) is 5.69 Å². The number of hydrogen-bond donors (Lipinski definition) is 1. The van der Waals surface area contributed by atoms with Gasteiger partial charge in [-0.05, 0) is 19.2 Å². The SMILES string of the molecule is CN(Cc1cn2cc(Cl)ccc2n1)CC(O)C(F)(F)F. The predicted molar refractivity (Wildman–Crippen MR) is 68.6 cm³/mol. The molecule has 4 nitrogen and oxygen atoms in total. The van der Waals surface area contributed by atoms with E-state index in [4.69, 9.17) is 16.7 Å². The molecule has 0 bridgehead atoms. The molecule has 1 unspecified atom stereocenters. The molecule has 1 atom stereocenters. The lowest BCUT2D eigenvalue weighted by molar-refractivity contribution is -0.207. The third-order valence-electron chi connectivity index (χ3n) is 2.76. The number of nitrogens with zero attached hydrogens (tertiary/aromatic N) is 3. The number of imidazole rings is 1. The summed E-state index contributed by atoms with van der Waals surface area (Å²) in [7, 11) is 1.49. The Morgan fingerprint density at radius 2 is 2.10 bits per heavy atom. The monoisotopic (exact) mass is 307 g/mol. The molecule has 0 saturated heterocycles. The number of alkyl halides is 3. The summed E-state index contributed by atoms with van der Waals surface area (Å²) in [5, 5.41) is 9.54. The van der Waals surface area contributed by atoms with Crippen LogP contribution in [0.4, 0.5) is 13.2 Å². The minimum atomic E-state index is -4.61. The molecular weight excluding hydrogens is 295 g/mol. The molecule has 110 valence electrons. The second kappa shape index (κ2) is 5.59. The average molecular weight is 308 g/mol. The molecular formula is C12H13ClF3N3O. The zero-order valence-electron chi connectivity index (χ0n) is 10.6. The molecule has 0 aliphatic rings. The van der Waals surface area contributed by atoms with E-state index in [1.807, 2.05) is 0 Å². The van der Waals surface area contributed by atoms with Crippen LogP contribution in [0.15, 0.2) is 24.5 Å². The van der Waals surface area contributed by atoms with Crippen LogP contribution in [0.25, 0.3) is 5.65 Å². The lowest BCUT2D eigenvalue weighted by Gasteiger charge is -2.21. The highest BCUT2D eigenvalue weighted by Gasteiger charge is 2.38. The van der Waals surface area contributed by atoms with E-state index in [1.54, 1.807) is 28.9 Å². The third-order valence-corrected chi connectivity index (χ3v) is 2.98. The van der Waals surface area contributed by atoms with E-state index < -0.39 is 18.8 Å². The van der Waals surface area contributed by atoms with Crippen LogP contribution in [0.5, 0.6) is 0 Å². The van der Waals surface area contributed by atoms with Gasteiger partial charge < -0.3 is 9.51 Å². The van der Waals surface area contributed by atoms with Crippen molar-refractivity contribution in [2.24, 2.45) is 0 Å². The number of aromatic nitrogens is 2. The molecule has 0 aliphatic carbocycles. The van der Waals surface area contributed by atoms with Gasteiger partial charge >= 0.3 is 6.18 Å². The van der Waals surface area contributed by atoms with Gasteiger partial charge in [0.1, 0.15) is 5.65 Å². The van der Waals surface area contributed by atoms with Crippen LogP contribution in [0, 0.1) is 0 Å². The standard InChI is InChI=1S/C12H13ClF3N3O/c1-18(7-10(20)12(14,15)16)5-9-6-19-4-8(13)2-3-11(19)17-9/h2-4,6,10,20H,5,7H2,1H3. The summed E-state index contributed by atoms with van der Waals surface area (Å²) in [6, 6.07) is 3.40. The fourth-order valence-corrected chi connectivity index (χ4v) is 2.00. The molecule has 1 N–H and O–H groups in total. The van der Waals surface area contributed by atoms with Crippen molar-refractivity contribution in [2.45, 2.75) is 18.8 Å². The van der Waals surface area contributed by atoms with Crippen molar-refractivity contribution in [1.29, 1.82) is 0 Å². The predicted octanol–water partition coefficient (Wildman–Crippen LogP) is 2.34. The Kier molecular flexibility index (Phi) is 4.22. The van der Waals surface area contributed by atoms with Gasteiger partial charge in [-0.15, -0.1) is 0 Å². The zero-order chi connectivity index (χ0) is 14.9. The molecule has 0 saturated carbocycles. The second-order valence-electron chi connectivity index (χ2n) is 4.60. The normalized spacial score (nSPS) is 14.2. The zero-order valence-corrected chi connectivity index (χ0v) is 11.4. The molecule has 20 heavy (non-hydrogen) atoms. The largest absolute Gasteiger partial charge is 0.415 e. The van der Waals surface area contributed by atoms with Crippen LogP contribution in [0.3, 0.4) is 0 Å². The van der Waals surface area contributed by atoms with Gasteiger partial charge in [0, 0.05) is 25.5 Å². The molecule has 2 rings (SSSR count). The maximum Gasteiger partial charge on any atom is 0.415 e. The van der Waals surface area contributed by atoms with Gasteiger partial charge in [0.25, 0.3) is 0 Å². The first kappa shape index (κ1) is 15.1. The lowest BCUT2D eigenvalue weighted by atomic mass is 10.3. The fraction of sp³-hybridized carbons (Fsp3) is 0.417. The van der Waals surface area contributed by atoms with E-state index in [9.17, 15) is 13.2 Å². The summed E-state index contributed by atoms with van der Waals surface area (Å²) < 4.78 is 38.4. The van der Waals surface area contributed by atoms with Crippen LogP contribution >= 0.6 is 11.6 Å². The first-order valence-electron chi connectivity index (χ1n) is 5.82. The fourth-order valence-electron chi connectivity index (χ4n) is 1.83. The van der Waals surface area contributed by atoms with Crippen molar-refractivity contribution >= 4 is 17.2 Å². The molecule has 0 fully saturated rings. The quantitative estimate of drug-likeness (QED) is 0.942. The Morgan fingerprint density at radius 1 is 1.40 bits per heavy atom. The highest BCUT2D eigenvalue weighted by Crippen LogP contribution is 2.21. The van der Waals surface area contributed by atoms with Crippen LogP contribution < -0.4 is 0 Å². The Bertz CT molecular complexity index is 599. The Hall–Kier alpha value is -1.31. The summed E-state index contributed by atoms with van der Waals surface area (Å²) in [6.45, 7) is -0.301. The van der Waals surface area contributed by atoms with Gasteiger partial charge in [-0.2, -0.15) is 13.2 Å². The summed E-state index contributed by atoms with van der Waals surface area (Å²) >= 11 is 5.84. The van der Waals surface area contributed by atoms with Crippen molar-refractivity contribution < 1.29 is 18.3 Å². The number of fused-ring (bicyclic) bond motifs is 1. The molecule has 8 heteroatoms. The number of likely N-dealkylation sites (N-methyl/N-ethyl adjacent to an activating group) is 1. The van der Waals surface area contributed by atoms with E-state index in [1.165, 1.54) is 11.9 Å². The van der Waals surface area contributed by atoms with Crippen molar-refractivity contribution in [3.05, 3.63) is 35.2 Å². The number of rotatable bonds is 4. The third kappa shape index (κ3) is 3.62. The second-order valence-corrected chi connectivity index (χ2v) is 5.04. The maximum absolute atomic E-state index is 12.2. The number of aliphatic hydroxyl groups is 1. The van der Waals surface area contributed by atoms with Crippen LogP contribution in [-0.2, 0) is 6.54 Å². The van der Waals surface area contributed by atoms with Crippen molar-refractivity contribution in [3.8, 4) is 0 Å². The highest BCUT2D eigenvalue weighted by atomic mass is 35.5.